The number of carbonyl (C=O) groups excluding carboxylic acids is 1. The van der Waals surface area contributed by atoms with Crippen LogP contribution in [-0.4, -0.2) is 25.5 Å². The molecule has 0 atom stereocenters. The van der Waals surface area contributed by atoms with Crippen molar-refractivity contribution in [3.05, 3.63) is 81.2 Å². The number of thiazole rings is 1. The number of rotatable bonds is 7. The van der Waals surface area contributed by atoms with Crippen molar-refractivity contribution in [2.75, 3.05) is 5.32 Å². The molecule has 3 heterocycles. The number of hydrogen-bond donors (Lipinski definition) is 1. The second kappa shape index (κ2) is 9.42. The van der Waals surface area contributed by atoms with Crippen molar-refractivity contribution in [3.8, 4) is 0 Å². The van der Waals surface area contributed by atoms with E-state index in [1.807, 2.05) is 55.5 Å². The van der Waals surface area contributed by atoms with Gasteiger partial charge in [-0.2, -0.15) is 9.61 Å². The zero-order valence-electron chi connectivity index (χ0n) is 17.6. The van der Waals surface area contributed by atoms with Gasteiger partial charge in [0.2, 0.25) is 10.9 Å². The number of anilines is 1. The van der Waals surface area contributed by atoms with E-state index in [9.17, 15) is 9.59 Å². The van der Waals surface area contributed by atoms with Crippen molar-refractivity contribution in [1.29, 1.82) is 0 Å². The number of amides is 1. The van der Waals surface area contributed by atoms with Crippen LogP contribution in [0.1, 0.15) is 22.7 Å². The summed E-state index contributed by atoms with van der Waals surface area (Å²) in [6.07, 6.45) is 1.14. The van der Waals surface area contributed by atoms with Gasteiger partial charge in [-0.05, 0) is 37.1 Å². The van der Waals surface area contributed by atoms with E-state index in [2.05, 4.69) is 20.4 Å². The predicted molar refractivity (Wildman–Crippen MR) is 134 cm³/mol. The third-order valence-corrected chi connectivity index (χ3v) is 7.90. The van der Waals surface area contributed by atoms with Gasteiger partial charge in [0.15, 0.2) is 4.34 Å². The molecule has 0 bridgehead atoms. The number of hydrogen-bond acceptors (Lipinski definition) is 8. The van der Waals surface area contributed by atoms with Crippen molar-refractivity contribution in [1.82, 2.24) is 19.6 Å². The zero-order chi connectivity index (χ0) is 22.8. The third kappa shape index (κ3) is 5.13. The maximum absolute atomic E-state index is 12.3. The van der Waals surface area contributed by atoms with Crippen molar-refractivity contribution in [2.24, 2.45) is 0 Å². The first-order valence-corrected chi connectivity index (χ1v) is 12.9. The van der Waals surface area contributed by atoms with E-state index in [0.717, 1.165) is 30.8 Å². The molecule has 2 aromatic carbocycles. The Bertz CT molecular complexity index is 1510. The van der Waals surface area contributed by atoms with Gasteiger partial charge in [-0.1, -0.05) is 53.4 Å². The molecule has 0 aliphatic carbocycles. The number of fused-ring (bicyclic) bond motifs is 2. The lowest BCUT2D eigenvalue weighted by molar-refractivity contribution is -0.116. The Morgan fingerprint density at radius 3 is 2.79 bits per heavy atom. The second-order valence-corrected chi connectivity index (χ2v) is 10.8. The minimum absolute atomic E-state index is 0.0108. The van der Waals surface area contributed by atoms with E-state index < -0.39 is 0 Å². The molecule has 0 unspecified atom stereocenters. The molecule has 1 N–H and O–H groups in total. The third-order valence-electron chi connectivity index (χ3n) is 4.88. The summed E-state index contributed by atoms with van der Waals surface area (Å²) in [5, 5.41) is 7.95. The van der Waals surface area contributed by atoms with Crippen LogP contribution in [-0.2, 0) is 17.0 Å². The molecular weight excluding hydrogens is 474 g/mol. The lowest BCUT2D eigenvalue weighted by Gasteiger charge is -2.05. The Balaban J connectivity index is 1.23. The zero-order valence-corrected chi connectivity index (χ0v) is 20.1. The molecule has 1 amide bonds. The molecule has 5 rings (SSSR count). The second-order valence-electron chi connectivity index (χ2n) is 7.39. The first-order valence-electron chi connectivity index (χ1n) is 10.3. The summed E-state index contributed by atoms with van der Waals surface area (Å²) in [7, 11) is 0. The van der Waals surface area contributed by atoms with Gasteiger partial charge in [0, 0.05) is 23.9 Å². The Hall–Kier alpha value is -3.08. The first-order chi connectivity index (χ1) is 16.0. The fraction of sp³-hybridized carbons (Fsp3) is 0.174. The molecule has 0 radical (unpaired) electrons. The van der Waals surface area contributed by atoms with Crippen LogP contribution in [0.3, 0.4) is 0 Å². The van der Waals surface area contributed by atoms with Crippen molar-refractivity contribution < 1.29 is 4.79 Å². The van der Waals surface area contributed by atoms with Crippen LogP contribution in [0.4, 0.5) is 5.69 Å². The number of nitrogens with zero attached hydrogens (tertiary/aromatic N) is 4. The molecular formula is C23H19N5O2S3. The van der Waals surface area contributed by atoms with Gasteiger partial charge >= 0.3 is 0 Å². The molecule has 166 valence electrons. The molecule has 0 fully saturated rings. The Labute approximate surface area is 201 Å². The van der Waals surface area contributed by atoms with Gasteiger partial charge in [-0.25, -0.2) is 9.97 Å². The van der Waals surface area contributed by atoms with Crippen LogP contribution in [0.15, 0.2) is 63.7 Å². The molecule has 10 heteroatoms. The van der Waals surface area contributed by atoms with E-state index >= 15 is 0 Å². The van der Waals surface area contributed by atoms with Gasteiger partial charge in [0.25, 0.3) is 5.56 Å². The van der Waals surface area contributed by atoms with Gasteiger partial charge in [-0.15, -0.1) is 11.3 Å². The molecule has 0 aliphatic rings. The average Bonchev–Trinajstić information content (AvgIpc) is 3.39. The topological polar surface area (TPSA) is 89.3 Å². The minimum atomic E-state index is -0.170. The molecule has 33 heavy (non-hydrogen) atoms. The van der Waals surface area contributed by atoms with E-state index in [4.69, 9.17) is 0 Å². The highest BCUT2D eigenvalue weighted by Crippen LogP contribution is 2.32. The molecule has 0 aliphatic heterocycles. The summed E-state index contributed by atoms with van der Waals surface area (Å²) >= 11 is 4.50. The van der Waals surface area contributed by atoms with Crippen molar-refractivity contribution >= 4 is 61.2 Å². The van der Waals surface area contributed by atoms with Crippen LogP contribution < -0.4 is 10.9 Å². The van der Waals surface area contributed by atoms with E-state index in [1.165, 1.54) is 21.9 Å². The molecule has 5 aromatic rings. The fourth-order valence-electron chi connectivity index (χ4n) is 3.33. The van der Waals surface area contributed by atoms with E-state index in [-0.39, 0.29) is 11.5 Å². The summed E-state index contributed by atoms with van der Waals surface area (Å²) in [5.41, 5.74) is 3.33. The van der Waals surface area contributed by atoms with E-state index in [1.54, 1.807) is 23.1 Å². The highest BCUT2D eigenvalue weighted by Gasteiger charge is 2.11. The van der Waals surface area contributed by atoms with Crippen molar-refractivity contribution in [2.45, 2.75) is 29.9 Å². The Kier molecular flexibility index (Phi) is 6.21. The summed E-state index contributed by atoms with van der Waals surface area (Å²) in [6, 6.07) is 17.2. The summed E-state index contributed by atoms with van der Waals surface area (Å²) in [4.78, 5) is 34.4. The summed E-state index contributed by atoms with van der Waals surface area (Å²) in [6.45, 7) is 1.86. The molecule has 0 saturated carbocycles. The van der Waals surface area contributed by atoms with Gasteiger partial charge in [-0.3, -0.25) is 9.59 Å². The fourth-order valence-corrected chi connectivity index (χ4v) is 6.10. The quantitative estimate of drug-likeness (QED) is 0.323. The maximum atomic E-state index is 12.3. The number of carbonyl (C=O) groups is 1. The average molecular weight is 494 g/mol. The Morgan fingerprint density at radius 1 is 1.09 bits per heavy atom. The molecule has 7 nitrogen and oxygen atoms in total. The van der Waals surface area contributed by atoms with Gasteiger partial charge in [0.1, 0.15) is 5.01 Å². The van der Waals surface area contributed by atoms with Crippen LogP contribution in [0.5, 0.6) is 0 Å². The smallest absolute Gasteiger partial charge is 0.275 e. The number of benzene rings is 2. The Morgan fingerprint density at radius 2 is 1.94 bits per heavy atom. The van der Waals surface area contributed by atoms with E-state index in [0.29, 0.717) is 29.2 Å². The predicted octanol–water partition coefficient (Wildman–Crippen LogP) is 4.93. The van der Waals surface area contributed by atoms with Crippen LogP contribution >= 0.6 is 34.4 Å². The lowest BCUT2D eigenvalue weighted by Crippen LogP contribution is -2.15. The number of nitrogens with one attached hydrogen (secondary N) is 1. The highest BCUT2D eigenvalue weighted by molar-refractivity contribution is 8.00. The normalized spacial score (nSPS) is 11.3. The van der Waals surface area contributed by atoms with Gasteiger partial charge < -0.3 is 5.32 Å². The SMILES string of the molecule is Cc1nn2c(=O)cc(CSc3nc4ccc(NC(=O)CCc5ccccc5)cc4s3)nc2s1. The summed E-state index contributed by atoms with van der Waals surface area (Å²) in [5.74, 6) is 0.536. The molecule has 0 saturated heterocycles. The summed E-state index contributed by atoms with van der Waals surface area (Å²) < 4.78 is 3.22. The lowest BCUT2D eigenvalue weighted by atomic mass is 10.1. The number of thioether (sulfide) groups is 1. The molecule has 0 spiro atoms. The number of aromatic nitrogens is 4. The van der Waals surface area contributed by atoms with Crippen LogP contribution in [0.25, 0.3) is 15.2 Å². The first kappa shape index (κ1) is 21.7. The monoisotopic (exact) mass is 493 g/mol. The van der Waals surface area contributed by atoms with Crippen LogP contribution in [0.2, 0.25) is 0 Å². The highest BCUT2D eigenvalue weighted by atomic mass is 32.2. The minimum Gasteiger partial charge on any atom is -0.326 e. The standard InChI is InChI=1S/C23H19N5O2S3/c1-14-27-28-21(30)12-17(25-22(28)32-14)13-31-23-26-18-9-8-16(11-19(18)33-23)24-20(29)10-7-15-5-3-2-4-6-15/h2-6,8-9,11-12H,7,10,13H2,1H3,(H,24,29). The molecule has 3 aromatic heterocycles. The number of aryl methyl sites for hydroxylation is 2. The van der Waals surface area contributed by atoms with Crippen LogP contribution in [0, 0.1) is 6.92 Å². The van der Waals surface area contributed by atoms with Gasteiger partial charge in [0.05, 0.1) is 15.9 Å². The largest absolute Gasteiger partial charge is 0.326 e. The van der Waals surface area contributed by atoms with Crippen molar-refractivity contribution in [3.63, 3.8) is 0 Å². The maximum Gasteiger partial charge on any atom is 0.275 e.